The van der Waals surface area contributed by atoms with Gasteiger partial charge >= 0.3 is 12.4 Å². The maximum absolute atomic E-state index is 12.7. The third-order valence-electron chi connectivity index (χ3n) is 2.47. The summed E-state index contributed by atoms with van der Waals surface area (Å²) in [6.07, 6.45) is -8.72. The highest BCUT2D eigenvalue weighted by atomic mass is 19.4. The average molecular weight is 307 g/mol. The van der Waals surface area contributed by atoms with Crippen LogP contribution in [0.25, 0.3) is 0 Å². The Bertz CT molecular complexity index is 618. The minimum absolute atomic E-state index is 0.361. The second-order valence-corrected chi connectivity index (χ2v) is 3.98. The summed E-state index contributed by atoms with van der Waals surface area (Å²) in [6, 6.07) is 5.89. The molecule has 1 heterocycles. The van der Waals surface area contributed by atoms with E-state index < -0.39 is 29.2 Å². The first-order chi connectivity index (χ1) is 9.68. The highest BCUT2D eigenvalue weighted by molar-refractivity contribution is 5.38. The van der Waals surface area contributed by atoms with E-state index in [2.05, 4.69) is 4.98 Å². The Balaban J connectivity index is 2.27. The van der Waals surface area contributed by atoms with E-state index in [1.807, 2.05) is 0 Å². The van der Waals surface area contributed by atoms with Crippen molar-refractivity contribution in [2.45, 2.75) is 12.4 Å². The fourth-order valence-corrected chi connectivity index (χ4v) is 1.51. The van der Waals surface area contributed by atoms with E-state index in [0.29, 0.717) is 12.3 Å². The second-order valence-electron chi connectivity index (χ2n) is 3.98. The molecule has 1 aromatic heterocycles. The van der Waals surface area contributed by atoms with Crippen LogP contribution >= 0.6 is 0 Å². The Morgan fingerprint density at radius 2 is 1.48 bits per heavy atom. The van der Waals surface area contributed by atoms with Crippen molar-refractivity contribution in [2.75, 3.05) is 0 Å². The Kier molecular flexibility index (Phi) is 3.80. The molecule has 0 atom stereocenters. The molecule has 2 rings (SSSR count). The molecule has 0 fully saturated rings. The summed E-state index contributed by atoms with van der Waals surface area (Å²) in [6.45, 7) is 0. The Morgan fingerprint density at radius 1 is 0.810 bits per heavy atom. The number of para-hydroxylation sites is 1. The van der Waals surface area contributed by atoms with Gasteiger partial charge in [-0.3, -0.25) is 0 Å². The molecular weight excluding hydrogens is 300 g/mol. The van der Waals surface area contributed by atoms with Crippen LogP contribution < -0.4 is 4.74 Å². The van der Waals surface area contributed by atoms with Gasteiger partial charge < -0.3 is 4.74 Å². The zero-order valence-electron chi connectivity index (χ0n) is 10.2. The number of alkyl halides is 6. The van der Waals surface area contributed by atoms with Gasteiger partial charge in [0.25, 0.3) is 0 Å². The van der Waals surface area contributed by atoms with E-state index >= 15 is 0 Å². The number of halogens is 6. The SMILES string of the molecule is FC(F)(F)c1ccc(Oc2ccccc2C(F)(F)F)nc1. The second kappa shape index (κ2) is 5.27. The first-order valence-corrected chi connectivity index (χ1v) is 5.55. The van der Waals surface area contributed by atoms with Gasteiger partial charge in [0, 0.05) is 12.3 Å². The maximum atomic E-state index is 12.7. The standard InChI is InChI=1S/C13H7F6NO/c14-12(15,16)8-5-6-11(20-7-8)21-10-4-2-1-3-9(10)13(17,18)19/h1-7H. The molecule has 0 amide bonds. The zero-order chi connectivity index (χ0) is 15.7. The molecule has 1 aromatic carbocycles. The highest BCUT2D eigenvalue weighted by Gasteiger charge is 2.34. The lowest BCUT2D eigenvalue weighted by Gasteiger charge is -2.13. The molecule has 0 radical (unpaired) electrons. The molecular formula is C13H7F6NO. The van der Waals surface area contributed by atoms with Crippen LogP contribution in [0, 0.1) is 0 Å². The normalized spacial score (nSPS) is 12.3. The molecule has 0 spiro atoms. The number of pyridine rings is 1. The molecule has 0 bridgehead atoms. The minimum Gasteiger partial charge on any atom is -0.438 e. The van der Waals surface area contributed by atoms with Crippen LogP contribution in [0.2, 0.25) is 0 Å². The quantitative estimate of drug-likeness (QED) is 0.735. The molecule has 8 heteroatoms. The van der Waals surface area contributed by atoms with Crippen molar-refractivity contribution in [3.05, 3.63) is 53.7 Å². The summed E-state index contributed by atoms with van der Waals surface area (Å²) in [7, 11) is 0. The van der Waals surface area contributed by atoms with E-state index in [1.54, 1.807) is 0 Å². The van der Waals surface area contributed by atoms with Crippen molar-refractivity contribution < 1.29 is 31.1 Å². The molecule has 0 aliphatic heterocycles. The van der Waals surface area contributed by atoms with Crippen molar-refractivity contribution in [3.63, 3.8) is 0 Å². The predicted octanol–water partition coefficient (Wildman–Crippen LogP) is 4.91. The Labute approximate surface area is 115 Å². The lowest BCUT2D eigenvalue weighted by molar-refractivity contribution is -0.138. The summed E-state index contributed by atoms with van der Waals surface area (Å²) >= 11 is 0. The van der Waals surface area contributed by atoms with Crippen molar-refractivity contribution >= 4 is 0 Å². The van der Waals surface area contributed by atoms with Gasteiger partial charge in [0.15, 0.2) is 0 Å². The van der Waals surface area contributed by atoms with Crippen LogP contribution in [0.1, 0.15) is 11.1 Å². The molecule has 0 saturated heterocycles. The van der Waals surface area contributed by atoms with Crippen molar-refractivity contribution in [1.82, 2.24) is 4.98 Å². The molecule has 2 nitrogen and oxygen atoms in total. The van der Waals surface area contributed by atoms with Gasteiger partial charge in [0.2, 0.25) is 5.88 Å². The van der Waals surface area contributed by atoms with Gasteiger partial charge in [-0.15, -0.1) is 0 Å². The highest BCUT2D eigenvalue weighted by Crippen LogP contribution is 2.37. The molecule has 2 aromatic rings. The lowest BCUT2D eigenvalue weighted by Crippen LogP contribution is -2.08. The Morgan fingerprint density at radius 3 is 2.00 bits per heavy atom. The smallest absolute Gasteiger partial charge is 0.419 e. The van der Waals surface area contributed by atoms with Crippen molar-refractivity contribution in [2.24, 2.45) is 0 Å². The number of aromatic nitrogens is 1. The Hall–Kier alpha value is -2.25. The maximum Gasteiger partial charge on any atom is 0.419 e. The lowest BCUT2D eigenvalue weighted by atomic mass is 10.2. The van der Waals surface area contributed by atoms with Crippen LogP contribution in [-0.2, 0) is 12.4 Å². The summed E-state index contributed by atoms with van der Waals surface area (Å²) in [4.78, 5) is 3.35. The van der Waals surface area contributed by atoms with Gasteiger partial charge in [0.1, 0.15) is 5.75 Å². The van der Waals surface area contributed by atoms with E-state index in [0.717, 1.165) is 18.2 Å². The molecule has 0 N–H and O–H groups in total. The minimum atomic E-state index is -4.64. The van der Waals surface area contributed by atoms with Gasteiger partial charge in [-0.2, -0.15) is 26.3 Å². The fraction of sp³-hybridized carbons (Fsp3) is 0.154. The summed E-state index contributed by atoms with van der Waals surface area (Å²) in [5, 5.41) is 0. The largest absolute Gasteiger partial charge is 0.438 e. The summed E-state index contributed by atoms with van der Waals surface area (Å²) < 4.78 is 80.1. The number of nitrogens with zero attached hydrogens (tertiary/aromatic N) is 1. The number of hydrogen-bond acceptors (Lipinski definition) is 2. The monoisotopic (exact) mass is 307 g/mol. The number of hydrogen-bond donors (Lipinski definition) is 0. The summed E-state index contributed by atoms with van der Waals surface area (Å²) in [5.74, 6) is -0.892. The van der Waals surface area contributed by atoms with Crippen LogP contribution in [0.3, 0.4) is 0 Å². The van der Waals surface area contributed by atoms with Crippen molar-refractivity contribution in [3.8, 4) is 11.6 Å². The molecule has 112 valence electrons. The molecule has 0 aliphatic carbocycles. The number of benzene rings is 1. The molecule has 0 saturated carbocycles. The van der Waals surface area contributed by atoms with E-state index in [4.69, 9.17) is 4.74 Å². The predicted molar refractivity (Wildman–Crippen MR) is 60.8 cm³/mol. The molecule has 21 heavy (non-hydrogen) atoms. The third kappa shape index (κ3) is 3.65. The van der Waals surface area contributed by atoms with Crippen molar-refractivity contribution in [1.29, 1.82) is 0 Å². The summed E-state index contributed by atoms with van der Waals surface area (Å²) in [5.41, 5.74) is -2.05. The van der Waals surface area contributed by atoms with E-state index in [1.165, 1.54) is 12.1 Å². The van der Waals surface area contributed by atoms with Gasteiger partial charge in [0.05, 0.1) is 11.1 Å². The number of rotatable bonds is 2. The average Bonchev–Trinajstić information content (AvgIpc) is 2.37. The fourth-order valence-electron chi connectivity index (χ4n) is 1.51. The third-order valence-corrected chi connectivity index (χ3v) is 2.47. The van der Waals surface area contributed by atoms with E-state index in [-0.39, 0.29) is 5.88 Å². The zero-order valence-corrected chi connectivity index (χ0v) is 10.2. The van der Waals surface area contributed by atoms with Crippen LogP contribution in [0.15, 0.2) is 42.6 Å². The van der Waals surface area contributed by atoms with Gasteiger partial charge in [-0.05, 0) is 18.2 Å². The molecule has 0 unspecified atom stereocenters. The number of ether oxygens (including phenoxy) is 1. The van der Waals surface area contributed by atoms with Gasteiger partial charge in [-0.1, -0.05) is 12.1 Å². The first kappa shape index (κ1) is 15.1. The van der Waals surface area contributed by atoms with Gasteiger partial charge in [-0.25, -0.2) is 4.98 Å². The van der Waals surface area contributed by atoms with E-state index in [9.17, 15) is 26.3 Å². The topological polar surface area (TPSA) is 22.1 Å². The molecule has 0 aliphatic rings. The first-order valence-electron chi connectivity index (χ1n) is 5.55. The van der Waals surface area contributed by atoms with Crippen LogP contribution in [-0.4, -0.2) is 4.98 Å². The van der Waals surface area contributed by atoms with Crippen LogP contribution in [0.4, 0.5) is 26.3 Å². The van der Waals surface area contributed by atoms with Crippen LogP contribution in [0.5, 0.6) is 11.6 Å².